The Morgan fingerprint density at radius 2 is 1.85 bits per heavy atom. The van der Waals surface area contributed by atoms with E-state index >= 15 is 0 Å². The smallest absolute Gasteiger partial charge is 0.328 e. The van der Waals surface area contributed by atoms with E-state index < -0.39 is 35.8 Å². The van der Waals surface area contributed by atoms with Crippen molar-refractivity contribution in [2.75, 3.05) is 5.32 Å². The molecule has 0 radical (unpaired) electrons. The summed E-state index contributed by atoms with van der Waals surface area (Å²) >= 11 is 0. The highest BCUT2D eigenvalue weighted by atomic mass is 16.5. The number of hydrogen-bond donors (Lipinski definition) is 2. The number of hydrogen-bond acceptors (Lipinski definition) is 5. The number of amides is 1. The lowest BCUT2D eigenvalue weighted by atomic mass is 10.1. The summed E-state index contributed by atoms with van der Waals surface area (Å²) in [6.45, 7) is 1.02. The first-order valence-electron chi connectivity index (χ1n) is 8.21. The first-order chi connectivity index (χ1) is 12.9. The maximum absolute atomic E-state index is 12.2. The van der Waals surface area contributed by atoms with E-state index in [4.69, 9.17) is 4.74 Å². The highest BCUT2D eigenvalue weighted by Crippen LogP contribution is 2.19. The molecule has 0 saturated carbocycles. The Labute approximate surface area is 153 Å². The van der Waals surface area contributed by atoms with Crippen molar-refractivity contribution in [3.63, 3.8) is 0 Å². The third kappa shape index (κ3) is 4.49. The maximum Gasteiger partial charge on any atom is 0.328 e. The lowest BCUT2D eigenvalue weighted by molar-refractivity contribution is -0.153. The second-order valence-electron chi connectivity index (χ2n) is 5.92. The molecule has 0 aliphatic heterocycles. The summed E-state index contributed by atoms with van der Waals surface area (Å²) in [4.78, 5) is 48.8. The van der Waals surface area contributed by atoms with Crippen molar-refractivity contribution in [3.8, 4) is 0 Å². The van der Waals surface area contributed by atoms with E-state index in [2.05, 4.69) is 5.32 Å². The quantitative estimate of drug-likeness (QED) is 0.660. The monoisotopic (exact) mass is 367 g/mol. The number of ether oxygens (including phenoxy) is 1. The summed E-state index contributed by atoms with van der Waals surface area (Å²) < 4.78 is 6.04. The lowest BCUT2D eigenvalue weighted by Crippen LogP contribution is -2.34. The molecule has 1 aromatic heterocycles. The van der Waals surface area contributed by atoms with Crippen LogP contribution in [-0.4, -0.2) is 27.5 Å². The van der Waals surface area contributed by atoms with E-state index in [9.17, 15) is 19.2 Å². The molecule has 2 aromatic carbocycles. The predicted octanol–water partition coefficient (Wildman–Crippen LogP) is 1.26. The van der Waals surface area contributed by atoms with E-state index in [-0.39, 0.29) is 0 Å². The fraction of sp³-hybridized carbons (Fsp3) is 0.158. The molecule has 1 amide bonds. The van der Waals surface area contributed by atoms with Crippen LogP contribution >= 0.6 is 0 Å². The van der Waals surface area contributed by atoms with Gasteiger partial charge in [-0.15, -0.1) is 0 Å². The normalized spacial score (nSPS) is 11.7. The van der Waals surface area contributed by atoms with Gasteiger partial charge in [-0.05, 0) is 29.8 Å². The average Bonchev–Trinajstić information content (AvgIpc) is 2.64. The second kappa shape index (κ2) is 7.69. The maximum atomic E-state index is 12.2. The number of esters is 1. The number of anilines is 1. The van der Waals surface area contributed by atoms with Crippen molar-refractivity contribution >= 4 is 28.3 Å². The van der Waals surface area contributed by atoms with Gasteiger partial charge in [-0.25, -0.2) is 4.79 Å². The van der Waals surface area contributed by atoms with Crippen LogP contribution in [0.3, 0.4) is 0 Å². The van der Waals surface area contributed by atoms with Crippen LogP contribution in [0.15, 0.2) is 64.3 Å². The molecule has 0 aliphatic rings. The zero-order chi connectivity index (χ0) is 19.4. The molecule has 0 aliphatic carbocycles. The van der Waals surface area contributed by atoms with Crippen molar-refractivity contribution < 1.29 is 14.3 Å². The van der Waals surface area contributed by atoms with Gasteiger partial charge in [0, 0.05) is 18.0 Å². The molecule has 3 rings (SSSR count). The SMILES string of the molecule is C[C@@H](OC(=O)Cn1ccc(=O)[nH]c1=O)C(=O)Nc1ccc2ccccc2c1. The highest BCUT2D eigenvalue weighted by molar-refractivity contribution is 5.97. The molecule has 2 N–H and O–H groups in total. The van der Waals surface area contributed by atoms with E-state index in [1.54, 1.807) is 6.07 Å². The third-order valence-electron chi connectivity index (χ3n) is 3.89. The molecule has 0 bridgehead atoms. The number of benzene rings is 2. The minimum atomic E-state index is -1.05. The van der Waals surface area contributed by atoms with Gasteiger partial charge in [0.25, 0.3) is 11.5 Å². The Morgan fingerprint density at radius 3 is 2.59 bits per heavy atom. The Balaban J connectivity index is 1.61. The number of aromatic amines is 1. The first-order valence-corrected chi connectivity index (χ1v) is 8.21. The average molecular weight is 367 g/mol. The van der Waals surface area contributed by atoms with Gasteiger partial charge >= 0.3 is 11.7 Å². The van der Waals surface area contributed by atoms with E-state index in [0.29, 0.717) is 5.69 Å². The van der Waals surface area contributed by atoms with E-state index in [1.807, 2.05) is 41.4 Å². The van der Waals surface area contributed by atoms with Crippen molar-refractivity contribution in [1.82, 2.24) is 9.55 Å². The van der Waals surface area contributed by atoms with Crippen molar-refractivity contribution in [3.05, 3.63) is 75.6 Å². The Bertz CT molecular complexity index is 1120. The van der Waals surface area contributed by atoms with Crippen LogP contribution in [0, 0.1) is 0 Å². The van der Waals surface area contributed by atoms with Gasteiger partial charge in [-0.3, -0.25) is 23.9 Å². The molecule has 0 saturated heterocycles. The fourth-order valence-corrected chi connectivity index (χ4v) is 2.51. The van der Waals surface area contributed by atoms with Gasteiger partial charge in [0.2, 0.25) is 0 Å². The molecule has 138 valence electrons. The zero-order valence-electron chi connectivity index (χ0n) is 14.5. The number of carbonyl (C=O) groups excluding carboxylic acids is 2. The van der Waals surface area contributed by atoms with Gasteiger partial charge in [0.1, 0.15) is 6.54 Å². The second-order valence-corrected chi connectivity index (χ2v) is 5.92. The minimum Gasteiger partial charge on any atom is -0.451 e. The topological polar surface area (TPSA) is 110 Å². The Morgan fingerprint density at radius 1 is 1.11 bits per heavy atom. The largest absolute Gasteiger partial charge is 0.451 e. The van der Waals surface area contributed by atoms with Crippen LogP contribution in [0.5, 0.6) is 0 Å². The van der Waals surface area contributed by atoms with E-state index in [0.717, 1.165) is 21.4 Å². The van der Waals surface area contributed by atoms with Gasteiger partial charge in [-0.2, -0.15) is 0 Å². The summed E-state index contributed by atoms with van der Waals surface area (Å²) in [7, 11) is 0. The van der Waals surface area contributed by atoms with Gasteiger partial charge < -0.3 is 10.1 Å². The standard InChI is InChI=1S/C19H17N3O5/c1-12(27-17(24)11-22-9-8-16(23)21-19(22)26)18(25)20-15-7-6-13-4-2-3-5-14(13)10-15/h2-10,12H,11H2,1H3,(H,20,25)(H,21,23,26)/t12-/m1/s1. The number of fused-ring (bicyclic) bond motifs is 1. The molecule has 0 spiro atoms. The molecule has 8 nitrogen and oxygen atoms in total. The molecular weight excluding hydrogens is 350 g/mol. The number of nitrogens with one attached hydrogen (secondary N) is 2. The minimum absolute atomic E-state index is 0.413. The third-order valence-corrected chi connectivity index (χ3v) is 3.89. The van der Waals surface area contributed by atoms with Crippen LogP contribution in [0.1, 0.15) is 6.92 Å². The molecule has 8 heteroatoms. The Hall–Kier alpha value is -3.68. The molecule has 27 heavy (non-hydrogen) atoms. The summed E-state index contributed by atoms with van der Waals surface area (Å²) in [5, 5.41) is 4.70. The van der Waals surface area contributed by atoms with Gasteiger partial charge in [0.15, 0.2) is 6.10 Å². The molecule has 3 aromatic rings. The van der Waals surface area contributed by atoms with Crippen molar-refractivity contribution in [1.29, 1.82) is 0 Å². The molecule has 0 fully saturated rings. The summed E-state index contributed by atoms with van der Waals surface area (Å²) in [6, 6.07) is 14.3. The molecule has 0 unspecified atom stereocenters. The lowest BCUT2D eigenvalue weighted by Gasteiger charge is -2.14. The summed E-state index contributed by atoms with van der Waals surface area (Å²) in [6.07, 6.45) is 0.129. The number of H-pyrrole nitrogens is 1. The molecule has 1 heterocycles. The molecule has 1 atom stereocenters. The van der Waals surface area contributed by atoms with Crippen LogP contribution in [0.4, 0.5) is 5.69 Å². The fourth-order valence-electron chi connectivity index (χ4n) is 2.51. The first kappa shape index (κ1) is 18.1. The van der Waals surface area contributed by atoms with E-state index in [1.165, 1.54) is 13.1 Å². The van der Waals surface area contributed by atoms with Crippen LogP contribution in [0.2, 0.25) is 0 Å². The van der Waals surface area contributed by atoms with Crippen molar-refractivity contribution in [2.24, 2.45) is 0 Å². The van der Waals surface area contributed by atoms with Crippen LogP contribution in [-0.2, 0) is 20.9 Å². The Kier molecular flexibility index (Phi) is 5.16. The predicted molar refractivity (Wildman–Crippen MR) is 99.5 cm³/mol. The van der Waals surface area contributed by atoms with Gasteiger partial charge in [-0.1, -0.05) is 30.3 Å². The van der Waals surface area contributed by atoms with Crippen LogP contribution < -0.4 is 16.6 Å². The number of rotatable bonds is 5. The van der Waals surface area contributed by atoms with Gasteiger partial charge in [0.05, 0.1) is 0 Å². The highest BCUT2D eigenvalue weighted by Gasteiger charge is 2.18. The summed E-state index contributed by atoms with van der Waals surface area (Å²) in [5.41, 5.74) is -0.709. The number of carbonyl (C=O) groups is 2. The summed E-state index contributed by atoms with van der Waals surface area (Å²) in [5.74, 6) is -1.27. The van der Waals surface area contributed by atoms with Crippen LogP contribution in [0.25, 0.3) is 10.8 Å². The van der Waals surface area contributed by atoms with Crippen molar-refractivity contribution in [2.45, 2.75) is 19.6 Å². The number of aromatic nitrogens is 2. The number of nitrogens with zero attached hydrogens (tertiary/aromatic N) is 1. The zero-order valence-corrected chi connectivity index (χ0v) is 14.5. The molecular formula is C19H17N3O5.